The fraction of sp³-hybridized carbons (Fsp3) is 0.296. The average Bonchev–Trinajstić information content (AvgIpc) is 3.05. The Kier molecular flexibility index (Phi) is 6.82. The molecule has 2 aliphatic heterocycles. The summed E-state index contributed by atoms with van der Waals surface area (Å²) in [6, 6.07) is 14.8. The van der Waals surface area contributed by atoms with Crippen molar-refractivity contribution in [2.75, 3.05) is 35.2 Å². The molecule has 0 spiro atoms. The Hall–Kier alpha value is -3.87. The Morgan fingerprint density at radius 3 is 2.21 bits per heavy atom. The minimum atomic E-state index is -0.389. The van der Waals surface area contributed by atoms with E-state index in [0.29, 0.717) is 16.8 Å². The van der Waals surface area contributed by atoms with Crippen LogP contribution in [0.25, 0.3) is 5.57 Å². The zero-order valence-electron chi connectivity index (χ0n) is 19.6. The second-order valence-electron chi connectivity index (χ2n) is 8.86. The number of imide groups is 1. The third kappa shape index (κ3) is 4.88. The van der Waals surface area contributed by atoms with Crippen LogP contribution in [0.1, 0.15) is 32.3 Å². The van der Waals surface area contributed by atoms with Gasteiger partial charge in [-0.2, -0.15) is 0 Å². The summed E-state index contributed by atoms with van der Waals surface area (Å²) in [5.41, 5.74) is 3.64. The topological polar surface area (TPSA) is 81.8 Å². The average molecular weight is 459 g/mol. The maximum absolute atomic E-state index is 13.1. The molecule has 0 bridgehead atoms. The molecule has 1 fully saturated rings. The summed E-state index contributed by atoms with van der Waals surface area (Å²) in [5.74, 6) is -0.181. The molecule has 3 amide bonds. The van der Waals surface area contributed by atoms with Crippen LogP contribution in [-0.2, 0) is 14.4 Å². The second kappa shape index (κ2) is 9.95. The number of amides is 3. The molecule has 7 heteroatoms. The van der Waals surface area contributed by atoms with E-state index in [0.717, 1.165) is 30.4 Å². The quantitative estimate of drug-likeness (QED) is 0.479. The van der Waals surface area contributed by atoms with Gasteiger partial charge in [0.25, 0.3) is 11.8 Å². The first-order valence-electron chi connectivity index (χ1n) is 11.6. The van der Waals surface area contributed by atoms with Crippen LogP contribution in [0, 0.1) is 5.92 Å². The van der Waals surface area contributed by atoms with Crippen LogP contribution in [0.15, 0.2) is 66.9 Å². The minimum Gasteiger partial charge on any atom is -0.372 e. The van der Waals surface area contributed by atoms with E-state index in [1.807, 2.05) is 24.3 Å². The zero-order valence-corrected chi connectivity index (χ0v) is 19.6. The zero-order chi connectivity index (χ0) is 24.2. The monoisotopic (exact) mass is 458 g/mol. The Morgan fingerprint density at radius 1 is 1.00 bits per heavy atom. The predicted molar refractivity (Wildman–Crippen MR) is 135 cm³/mol. The van der Waals surface area contributed by atoms with Gasteiger partial charge in [-0.05, 0) is 60.7 Å². The first-order chi connectivity index (χ1) is 16.4. The van der Waals surface area contributed by atoms with Crippen LogP contribution in [-0.4, -0.2) is 42.3 Å². The molecular formula is C27H30N4O3. The van der Waals surface area contributed by atoms with Gasteiger partial charge < -0.3 is 15.5 Å². The smallest absolute Gasteiger partial charge is 0.278 e. The number of benzene rings is 2. The second-order valence-corrected chi connectivity index (χ2v) is 8.86. The Labute approximate surface area is 200 Å². The minimum absolute atomic E-state index is 0.128. The van der Waals surface area contributed by atoms with E-state index in [-0.39, 0.29) is 30.0 Å². The van der Waals surface area contributed by atoms with Crippen molar-refractivity contribution in [1.82, 2.24) is 4.90 Å². The number of nitrogens with one attached hydrogen (secondary N) is 2. The molecule has 2 aromatic carbocycles. The number of rotatable bonds is 7. The Morgan fingerprint density at radius 2 is 1.62 bits per heavy atom. The highest BCUT2D eigenvalue weighted by Crippen LogP contribution is 2.32. The van der Waals surface area contributed by atoms with Gasteiger partial charge in [0, 0.05) is 43.6 Å². The van der Waals surface area contributed by atoms with Gasteiger partial charge in [-0.25, -0.2) is 0 Å². The lowest BCUT2D eigenvalue weighted by molar-refractivity contribution is -0.136. The Bertz CT molecular complexity index is 1130. The van der Waals surface area contributed by atoms with Gasteiger partial charge in [0.1, 0.15) is 5.70 Å². The number of hydrogen-bond donors (Lipinski definition) is 2. The lowest BCUT2D eigenvalue weighted by atomic mass is 9.99. The summed E-state index contributed by atoms with van der Waals surface area (Å²) in [6.45, 7) is 9.60. The third-order valence-corrected chi connectivity index (χ3v) is 6.26. The molecule has 0 aromatic heterocycles. The number of anilines is 3. The van der Waals surface area contributed by atoms with Crippen LogP contribution in [0.4, 0.5) is 17.1 Å². The lowest BCUT2D eigenvalue weighted by Gasteiger charge is -2.32. The molecule has 176 valence electrons. The number of nitrogens with zero attached hydrogens (tertiary/aromatic N) is 2. The van der Waals surface area contributed by atoms with E-state index in [1.165, 1.54) is 30.7 Å². The van der Waals surface area contributed by atoms with Crippen LogP contribution >= 0.6 is 0 Å². The molecule has 7 nitrogen and oxygen atoms in total. The largest absolute Gasteiger partial charge is 0.372 e. The number of hydrogen-bond acceptors (Lipinski definition) is 5. The van der Waals surface area contributed by atoms with E-state index in [9.17, 15) is 14.4 Å². The molecule has 0 radical (unpaired) electrons. The molecule has 4 rings (SSSR count). The first-order valence-corrected chi connectivity index (χ1v) is 11.6. The maximum atomic E-state index is 13.1. The van der Waals surface area contributed by atoms with Gasteiger partial charge in [0.05, 0.1) is 5.57 Å². The Balaban J connectivity index is 1.61. The van der Waals surface area contributed by atoms with Gasteiger partial charge in [-0.15, -0.1) is 6.58 Å². The van der Waals surface area contributed by atoms with Crippen molar-refractivity contribution >= 4 is 40.4 Å². The summed E-state index contributed by atoms with van der Waals surface area (Å²) in [6.07, 6.45) is 3.91. The number of piperidine rings is 1. The number of carbonyl (C=O) groups is 3. The molecule has 2 aromatic rings. The van der Waals surface area contributed by atoms with Gasteiger partial charge in [0.2, 0.25) is 5.91 Å². The van der Waals surface area contributed by atoms with Crippen molar-refractivity contribution < 1.29 is 14.4 Å². The van der Waals surface area contributed by atoms with Gasteiger partial charge >= 0.3 is 0 Å². The van der Waals surface area contributed by atoms with E-state index in [4.69, 9.17) is 0 Å². The molecule has 2 aliphatic rings. The maximum Gasteiger partial charge on any atom is 0.278 e. The van der Waals surface area contributed by atoms with Gasteiger partial charge in [-0.1, -0.05) is 25.1 Å². The van der Waals surface area contributed by atoms with Crippen molar-refractivity contribution in [3.63, 3.8) is 0 Å². The fourth-order valence-corrected chi connectivity index (χ4v) is 4.34. The van der Waals surface area contributed by atoms with Crippen molar-refractivity contribution in [3.8, 4) is 0 Å². The fourth-order valence-electron chi connectivity index (χ4n) is 4.34. The highest BCUT2D eigenvalue weighted by Gasteiger charge is 2.38. The van der Waals surface area contributed by atoms with Crippen LogP contribution < -0.4 is 15.5 Å². The molecule has 2 N–H and O–H groups in total. The normalized spacial score (nSPS) is 16.8. The molecular weight excluding hydrogens is 428 g/mol. The third-order valence-electron chi connectivity index (χ3n) is 6.26. The van der Waals surface area contributed by atoms with Gasteiger partial charge in [-0.3, -0.25) is 19.3 Å². The molecule has 0 aliphatic carbocycles. The van der Waals surface area contributed by atoms with Crippen molar-refractivity contribution in [1.29, 1.82) is 0 Å². The van der Waals surface area contributed by atoms with Gasteiger partial charge in [0.15, 0.2) is 0 Å². The van der Waals surface area contributed by atoms with E-state index < -0.39 is 0 Å². The van der Waals surface area contributed by atoms with Crippen LogP contribution in [0.3, 0.4) is 0 Å². The van der Waals surface area contributed by atoms with E-state index >= 15 is 0 Å². The summed E-state index contributed by atoms with van der Waals surface area (Å²) in [7, 11) is 0. The molecule has 34 heavy (non-hydrogen) atoms. The highest BCUT2D eigenvalue weighted by molar-refractivity contribution is 6.36. The highest BCUT2D eigenvalue weighted by atomic mass is 16.2. The number of carbonyl (C=O) groups excluding carboxylic acids is 3. The molecule has 2 heterocycles. The van der Waals surface area contributed by atoms with Crippen molar-refractivity contribution in [2.24, 2.45) is 5.92 Å². The predicted octanol–water partition coefficient (Wildman–Crippen LogP) is 4.26. The van der Waals surface area contributed by atoms with E-state index in [2.05, 4.69) is 29.0 Å². The summed E-state index contributed by atoms with van der Waals surface area (Å²) >= 11 is 0. The van der Waals surface area contributed by atoms with E-state index in [1.54, 1.807) is 24.3 Å². The summed E-state index contributed by atoms with van der Waals surface area (Å²) in [5, 5.41) is 5.89. The molecule has 1 saturated heterocycles. The summed E-state index contributed by atoms with van der Waals surface area (Å²) in [4.78, 5) is 41.1. The lowest BCUT2D eigenvalue weighted by Crippen LogP contribution is -2.32. The molecule has 0 saturated carbocycles. The summed E-state index contributed by atoms with van der Waals surface area (Å²) < 4.78 is 0. The van der Waals surface area contributed by atoms with Crippen molar-refractivity contribution in [2.45, 2.75) is 26.7 Å². The molecule has 0 atom stereocenters. The van der Waals surface area contributed by atoms with Crippen LogP contribution in [0.5, 0.6) is 0 Å². The standard InChI is InChI=1S/C27H30N4O3/c1-4-15-31-26(33)24(20-5-7-21(8-6-20)28-19(3)32)25(27(31)34)29-22-9-11-23(12-10-22)30-16-13-18(2)14-17-30/h4-12,18,29H,1,13-17H2,2-3H3,(H,28,32). The van der Waals surface area contributed by atoms with Crippen LogP contribution in [0.2, 0.25) is 0 Å². The first kappa shape index (κ1) is 23.3. The molecule has 0 unspecified atom stereocenters. The van der Waals surface area contributed by atoms with Crippen molar-refractivity contribution in [3.05, 3.63) is 72.4 Å². The SMILES string of the molecule is C=CCN1C(=O)C(Nc2ccc(N3CCC(C)CC3)cc2)=C(c2ccc(NC(C)=O)cc2)C1=O.